The molecule has 0 aliphatic rings. The fraction of sp³-hybridized carbons (Fsp3) is 0.0526. The van der Waals surface area contributed by atoms with Crippen molar-refractivity contribution in [2.75, 3.05) is 0 Å². The second kappa shape index (κ2) is 6.67. The van der Waals surface area contributed by atoms with E-state index in [0.717, 1.165) is 0 Å². The first-order valence-corrected chi connectivity index (χ1v) is 9.25. The molecule has 1 N–H and O–H groups in total. The minimum Gasteiger partial charge on any atom is -0.507 e. The van der Waals surface area contributed by atoms with E-state index in [1.165, 1.54) is 18.2 Å². The van der Waals surface area contributed by atoms with Crippen LogP contribution in [0.1, 0.15) is 16.4 Å². The van der Waals surface area contributed by atoms with Crippen molar-refractivity contribution in [3.8, 4) is 5.75 Å². The molecular formula is C19H15ClO3S. The first kappa shape index (κ1) is 16.6. The molecule has 0 aromatic heterocycles. The molecule has 0 aliphatic heterocycles. The summed E-state index contributed by atoms with van der Waals surface area (Å²) in [5, 5.41) is 9.40. The van der Waals surface area contributed by atoms with Crippen molar-refractivity contribution in [1.82, 2.24) is 0 Å². The van der Waals surface area contributed by atoms with Crippen molar-refractivity contribution >= 4 is 21.4 Å². The molecule has 0 unspecified atom stereocenters. The number of aromatic hydroxyl groups is 1. The van der Waals surface area contributed by atoms with Crippen molar-refractivity contribution in [3.05, 3.63) is 95.0 Å². The Bertz CT molecular complexity index is 899. The van der Waals surface area contributed by atoms with E-state index >= 15 is 0 Å². The van der Waals surface area contributed by atoms with Crippen LogP contribution in [0.2, 0.25) is 5.02 Å². The second-order valence-electron chi connectivity index (χ2n) is 5.36. The van der Waals surface area contributed by atoms with Crippen LogP contribution in [0.15, 0.2) is 83.8 Å². The average molecular weight is 359 g/mol. The highest BCUT2D eigenvalue weighted by Crippen LogP contribution is 2.39. The second-order valence-corrected chi connectivity index (χ2v) is 7.80. The quantitative estimate of drug-likeness (QED) is 0.741. The minimum atomic E-state index is -3.89. The summed E-state index contributed by atoms with van der Waals surface area (Å²) >= 11 is 5.94. The molecule has 24 heavy (non-hydrogen) atoms. The third kappa shape index (κ3) is 3.16. The third-order valence-electron chi connectivity index (χ3n) is 3.74. The molecule has 0 heterocycles. The Morgan fingerprint density at radius 2 is 1.29 bits per heavy atom. The van der Waals surface area contributed by atoms with E-state index in [4.69, 9.17) is 11.6 Å². The van der Waals surface area contributed by atoms with E-state index in [-0.39, 0.29) is 15.7 Å². The Labute approximate surface area is 146 Å². The van der Waals surface area contributed by atoms with Crippen LogP contribution in [0.4, 0.5) is 0 Å². The molecule has 3 aromatic carbocycles. The maximum atomic E-state index is 13.3. The standard InChI is InChI=1S/C19H15ClO3S/c20-16-11-12-17(21)18(13-16)24(22,23)19(14-7-3-1-4-8-14)15-9-5-2-6-10-15/h1-13,19,21H. The number of phenols is 1. The van der Waals surface area contributed by atoms with Crippen molar-refractivity contribution in [1.29, 1.82) is 0 Å². The Kier molecular flexibility index (Phi) is 4.60. The molecule has 3 rings (SSSR count). The van der Waals surface area contributed by atoms with E-state index in [0.29, 0.717) is 11.1 Å². The highest BCUT2D eigenvalue weighted by molar-refractivity contribution is 7.92. The number of sulfone groups is 1. The molecule has 0 saturated heterocycles. The van der Waals surface area contributed by atoms with Crippen LogP contribution >= 0.6 is 11.6 Å². The molecular weight excluding hydrogens is 344 g/mol. The van der Waals surface area contributed by atoms with Gasteiger partial charge in [-0.3, -0.25) is 0 Å². The van der Waals surface area contributed by atoms with E-state index < -0.39 is 15.1 Å². The molecule has 3 nitrogen and oxygen atoms in total. The molecule has 122 valence electrons. The van der Waals surface area contributed by atoms with Gasteiger partial charge in [0, 0.05) is 5.02 Å². The maximum Gasteiger partial charge on any atom is 0.193 e. The monoisotopic (exact) mass is 358 g/mol. The van der Waals surface area contributed by atoms with Crippen LogP contribution < -0.4 is 0 Å². The molecule has 0 aliphatic carbocycles. The number of hydrogen-bond donors (Lipinski definition) is 1. The molecule has 0 spiro atoms. The summed E-state index contributed by atoms with van der Waals surface area (Å²) in [5.74, 6) is -0.309. The Hall–Kier alpha value is -2.30. The van der Waals surface area contributed by atoms with Gasteiger partial charge in [-0.1, -0.05) is 72.3 Å². The number of phenolic OH excluding ortho intramolecular Hbond substituents is 1. The van der Waals surface area contributed by atoms with Gasteiger partial charge in [0.15, 0.2) is 9.84 Å². The fourth-order valence-corrected chi connectivity index (χ4v) is 4.82. The lowest BCUT2D eigenvalue weighted by molar-refractivity contribution is 0.458. The maximum absolute atomic E-state index is 13.3. The summed E-state index contributed by atoms with van der Waals surface area (Å²) in [6, 6.07) is 21.9. The van der Waals surface area contributed by atoms with Gasteiger partial charge in [-0.2, -0.15) is 0 Å². The van der Waals surface area contributed by atoms with Crippen LogP contribution in [-0.4, -0.2) is 13.5 Å². The third-order valence-corrected chi connectivity index (χ3v) is 6.08. The van der Waals surface area contributed by atoms with Crippen LogP contribution in [0.3, 0.4) is 0 Å². The highest BCUT2D eigenvalue weighted by atomic mass is 35.5. The van der Waals surface area contributed by atoms with Gasteiger partial charge in [0.1, 0.15) is 15.9 Å². The summed E-state index contributed by atoms with van der Waals surface area (Å²) in [6.07, 6.45) is 0. The first-order valence-electron chi connectivity index (χ1n) is 7.32. The van der Waals surface area contributed by atoms with Crippen molar-refractivity contribution in [2.45, 2.75) is 10.1 Å². The molecule has 0 bridgehead atoms. The summed E-state index contributed by atoms with van der Waals surface area (Å²) in [7, 11) is -3.89. The summed E-state index contributed by atoms with van der Waals surface area (Å²) in [5.41, 5.74) is 1.26. The van der Waals surface area contributed by atoms with Crippen LogP contribution in [0.25, 0.3) is 0 Å². The summed E-state index contributed by atoms with van der Waals surface area (Å²) in [4.78, 5) is -0.173. The Morgan fingerprint density at radius 1 is 0.792 bits per heavy atom. The van der Waals surface area contributed by atoms with Gasteiger partial charge < -0.3 is 5.11 Å². The number of rotatable bonds is 4. The zero-order chi connectivity index (χ0) is 17.2. The molecule has 3 aromatic rings. The normalized spacial score (nSPS) is 11.6. The van der Waals surface area contributed by atoms with Gasteiger partial charge in [-0.15, -0.1) is 0 Å². The molecule has 5 heteroatoms. The largest absolute Gasteiger partial charge is 0.507 e. The number of benzene rings is 3. The number of halogens is 1. The number of hydrogen-bond acceptors (Lipinski definition) is 3. The predicted molar refractivity (Wildman–Crippen MR) is 95.0 cm³/mol. The lowest BCUT2D eigenvalue weighted by Gasteiger charge is -2.19. The van der Waals surface area contributed by atoms with Crippen molar-refractivity contribution in [2.24, 2.45) is 0 Å². The van der Waals surface area contributed by atoms with Crippen LogP contribution in [0, 0.1) is 0 Å². The van der Waals surface area contributed by atoms with Crippen LogP contribution in [0.5, 0.6) is 5.75 Å². The lowest BCUT2D eigenvalue weighted by atomic mass is 10.0. The van der Waals surface area contributed by atoms with Gasteiger partial charge in [-0.25, -0.2) is 8.42 Å². The molecule has 0 saturated carbocycles. The smallest absolute Gasteiger partial charge is 0.193 e. The summed E-state index contributed by atoms with van der Waals surface area (Å²) in [6.45, 7) is 0. The topological polar surface area (TPSA) is 54.4 Å². The predicted octanol–water partition coefficient (Wildman–Crippen LogP) is 4.61. The molecule has 0 amide bonds. The first-order chi connectivity index (χ1) is 11.5. The van der Waals surface area contributed by atoms with Gasteiger partial charge in [-0.05, 0) is 29.3 Å². The lowest BCUT2D eigenvalue weighted by Crippen LogP contribution is -2.15. The van der Waals surface area contributed by atoms with Crippen molar-refractivity contribution < 1.29 is 13.5 Å². The zero-order valence-corrected chi connectivity index (χ0v) is 14.2. The highest BCUT2D eigenvalue weighted by Gasteiger charge is 2.32. The fourth-order valence-electron chi connectivity index (χ4n) is 2.65. The average Bonchev–Trinajstić information content (AvgIpc) is 2.59. The minimum absolute atomic E-state index is 0.173. The van der Waals surface area contributed by atoms with E-state index in [9.17, 15) is 13.5 Å². The van der Waals surface area contributed by atoms with Gasteiger partial charge in [0.2, 0.25) is 0 Å². The zero-order valence-electron chi connectivity index (χ0n) is 12.6. The molecule has 0 radical (unpaired) electrons. The molecule has 0 atom stereocenters. The van der Waals surface area contributed by atoms with E-state index in [2.05, 4.69) is 0 Å². The van der Waals surface area contributed by atoms with E-state index in [1.807, 2.05) is 12.1 Å². The van der Waals surface area contributed by atoms with E-state index in [1.54, 1.807) is 48.5 Å². The summed E-state index contributed by atoms with van der Waals surface area (Å²) < 4.78 is 26.6. The van der Waals surface area contributed by atoms with Crippen molar-refractivity contribution in [3.63, 3.8) is 0 Å². The van der Waals surface area contributed by atoms with Gasteiger partial charge >= 0.3 is 0 Å². The Balaban J connectivity index is 2.24. The Morgan fingerprint density at radius 3 is 1.79 bits per heavy atom. The molecule has 0 fully saturated rings. The van der Waals surface area contributed by atoms with Crippen LogP contribution in [-0.2, 0) is 9.84 Å². The van der Waals surface area contributed by atoms with Gasteiger partial charge in [0.25, 0.3) is 0 Å². The SMILES string of the molecule is O=S(=O)(c1cc(Cl)ccc1O)C(c1ccccc1)c1ccccc1. The van der Waals surface area contributed by atoms with Gasteiger partial charge in [0.05, 0.1) is 0 Å².